The van der Waals surface area contributed by atoms with Gasteiger partial charge in [-0.05, 0) is 25.1 Å². The fourth-order valence-corrected chi connectivity index (χ4v) is 3.16. The first-order chi connectivity index (χ1) is 10.7. The van der Waals surface area contributed by atoms with Crippen molar-refractivity contribution in [1.82, 2.24) is 25.5 Å². The Morgan fingerprint density at radius 2 is 2.09 bits per heavy atom. The molecule has 2 aromatic rings. The van der Waals surface area contributed by atoms with E-state index < -0.39 is 0 Å². The minimum absolute atomic E-state index is 0.0363. The average Bonchev–Trinajstić information content (AvgIpc) is 3.01. The molecule has 0 spiro atoms. The van der Waals surface area contributed by atoms with Crippen LogP contribution in [0.15, 0.2) is 29.4 Å². The van der Waals surface area contributed by atoms with Gasteiger partial charge in [-0.15, -0.1) is 10.2 Å². The van der Waals surface area contributed by atoms with Crippen molar-refractivity contribution in [3.63, 3.8) is 0 Å². The van der Waals surface area contributed by atoms with E-state index in [4.69, 9.17) is 0 Å². The summed E-state index contributed by atoms with van der Waals surface area (Å²) in [7, 11) is 0. The van der Waals surface area contributed by atoms with Crippen molar-refractivity contribution in [2.45, 2.75) is 30.7 Å². The number of benzene rings is 1. The van der Waals surface area contributed by atoms with Gasteiger partial charge < -0.3 is 10.0 Å². The summed E-state index contributed by atoms with van der Waals surface area (Å²) in [5, 5.41) is 24.0. The SMILES string of the molecule is CCN(CC)C(=O)CC(Sc1nn[nH]n1)c1ccccc1O. The molecule has 1 heterocycles. The molecular weight excluding hydrogens is 302 g/mol. The third-order valence-electron chi connectivity index (χ3n) is 3.33. The summed E-state index contributed by atoms with van der Waals surface area (Å²) in [5.41, 5.74) is 0.692. The first kappa shape index (κ1) is 16.3. The van der Waals surface area contributed by atoms with E-state index in [1.807, 2.05) is 26.0 Å². The van der Waals surface area contributed by atoms with Gasteiger partial charge in [0, 0.05) is 30.3 Å². The molecule has 0 radical (unpaired) electrons. The molecule has 2 N–H and O–H groups in total. The summed E-state index contributed by atoms with van der Waals surface area (Å²) in [6.45, 7) is 5.22. The van der Waals surface area contributed by atoms with Crippen molar-refractivity contribution >= 4 is 17.7 Å². The minimum atomic E-state index is -0.271. The first-order valence-corrected chi connectivity index (χ1v) is 7.99. The van der Waals surface area contributed by atoms with Crippen LogP contribution in [-0.2, 0) is 4.79 Å². The van der Waals surface area contributed by atoms with E-state index in [0.717, 1.165) is 0 Å². The number of amides is 1. The molecular formula is C14H19N5O2S. The highest BCUT2D eigenvalue weighted by molar-refractivity contribution is 7.99. The number of aromatic amines is 1. The number of nitrogens with one attached hydrogen (secondary N) is 1. The van der Waals surface area contributed by atoms with Crippen LogP contribution in [0.1, 0.15) is 31.1 Å². The Bertz CT molecular complexity index is 601. The van der Waals surface area contributed by atoms with Crippen LogP contribution in [0.2, 0.25) is 0 Å². The number of carbonyl (C=O) groups excluding carboxylic acids is 1. The molecule has 2 rings (SSSR count). The highest BCUT2D eigenvalue weighted by Gasteiger charge is 2.24. The van der Waals surface area contributed by atoms with E-state index in [-0.39, 0.29) is 23.3 Å². The number of para-hydroxylation sites is 1. The van der Waals surface area contributed by atoms with Crippen LogP contribution in [-0.4, -0.2) is 49.6 Å². The van der Waals surface area contributed by atoms with Gasteiger partial charge in [-0.25, -0.2) is 0 Å². The van der Waals surface area contributed by atoms with Crippen LogP contribution in [0.5, 0.6) is 5.75 Å². The number of aromatic nitrogens is 4. The van der Waals surface area contributed by atoms with Gasteiger partial charge in [-0.2, -0.15) is 5.21 Å². The number of phenolic OH excluding ortho intramolecular Hbond substituents is 1. The van der Waals surface area contributed by atoms with Gasteiger partial charge in [0.05, 0.1) is 0 Å². The lowest BCUT2D eigenvalue weighted by atomic mass is 10.1. The zero-order valence-corrected chi connectivity index (χ0v) is 13.4. The topological polar surface area (TPSA) is 95.0 Å². The number of H-pyrrole nitrogens is 1. The van der Waals surface area contributed by atoms with E-state index in [0.29, 0.717) is 23.8 Å². The Kier molecular flexibility index (Phi) is 5.76. The maximum Gasteiger partial charge on any atom is 0.231 e. The number of phenols is 1. The monoisotopic (exact) mass is 321 g/mol. The fraction of sp³-hybridized carbons (Fsp3) is 0.429. The number of aromatic hydroxyl groups is 1. The molecule has 1 unspecified atom stereocenters. The molecule has 0 bridgehead atoms. The largest absolute Gasteiger partial charge is 0.508 e. The van der Waals surface area contributed by atoms with Gasteiger partial charge >= 0.3 is 0 Å². The van der Waals surface area contributed by atoms with Gasteiger partial charge in [-0.1, -0.05) is 30.0 Å². The number of carbonyl (C=O) groups is 1. The summed E-state index contributed by atoms with van der Waals surface area (Å²) in [6.07, 6.45) is 0.262. The van der Waals surface area contributed by atoms with Gasteiger partial charge in [0.25, 0.3) is 0 Å². The summed E-state index contributed by atoms with van der Waals surface area (Å²) >= 11 is 1.31. The van der Waals surface area contributed by atoms with Crippen molar-refractivity contribution < 1.29 is 9.90 Å². The molecule has 0 fully saturated rings. The predicted molar refractivity (Wildman–Crippen MR) is 83.4 cm³/mol. The smallest absolute Gasteiger partial charge is 0.231 e. The van der Waals surface area contributed by atoms with Crippen LogP contribution in [0, 0.1) is 0 Å². The Labute approximate surface area is 133 Å². The summed E-state index contributed by atoms with van der Waals surface area (Å²) in [5.74, 6) is 0.199. The molecule has 118 valence electrons. The number of hydrogen-bond donors (Lipinski definition) is 2. The lowest BCUT2D eigenvalue weighted by Gasteiger charge is -2.22. The molecule has 1 aromatic carbocycles. The van der Waals surface area contributed by atoms with E-state index >= 15 is 0 Å². The summed E-state index contributed by atoms with van der Waals surface area (Å²) in [4.78, 5) is 14.2. The quantitative estimate of drug-likeness (QED) is 0.757. The minimum Gasteiger partial charge on any atom is -0.508 e. The fourth-order valence-electron chi connectivity index (χ4n) is 2.17. The highest BCUT2D eigenvalue weighted by Crippen LogP contribution is 2.39. The molecule has 1 amide bonds. The van der Waals surface area contributed by atoms with Crippen molar-refractivity contribution in [3.8, 4) is 5.75 Å². The average molecular weight is 321 g/mol. The number of rotatable bonds is 7. The number of thioether (sulfide) groups is 1. The van der Waals surface area contributed by atoms with E-state index in [9.17, 15) is 9.90 Å². The molecule has 0 aliphatic rings. The lowest BCUT2D eigenvalue weighted by molar-refractivity contribution is -0.130. The molecule has 0 saturated carbocycles. The molecule has 0 saturated heterocycles. The molecule has 0 aliphatic carbocycles. The van der Waals surface area contributed by atoms with E-state index in [2.05, 4.69) is 20.6 Å². The van der Waals surface area contributed by atoms with Crippen LogP contribution in [0.3, 0.4) is 0 Å². The Morgan fingerprint density at radius 3 is 2.68 bits per heavy atom. The van der Waals surface area contributed by atoms with Crippen molar-refractivity contribution in [2.75, 3.05) is 13.1 Å². The number of hydrogen-bond acceptors (Lipinski definition) is 6. The molecule has 1 aromatic heterocycles. The number of tetrazole rings is 1. The lowest BCUT2D eigenvalue weighted by Crippen LogP contribution is -2.31. The van der Waals surface area contributed by atoms with Crippen molar-refractivity contribution in [3.05, 3.63) is 29.8 Å². The van der Waals surface area contributed by atoms with Crippen molar-refractivity contribution in [1.29, 1.82) is 0 Å². The second-order valence-electron chi connectivity index (χ2n) is 4.63. The summed E-state index contributed by atoms with van der Waals surface area (Å²) < 4.78 is 0. The first-order valence-electron chi connectivity index (χ1n) is 7.11. The zero-order chi connectivity index (χ0) is 15.9. The maximum atomic E-state index is 12.4. The third kappa shape index (κ3) is 3.97. The Balaban J connectivity index is 2.22. The predicted octanol–water partition coefficient (Wildman–Crippen LogP) is 2.00. The molecule has 8 heteroatoms. The maximum absolute atomic E-state index is 12.4. The second kappa shape index (κ2) is 7.79. The van der Waals surface area contributed by atoms with Crippen molar-refractivity contribution in [2.24, 2.45) is 0 Å². The van der Waals surface area contributed by atoms with E-state index in [1.54, 1.807) is 17.0 Å². The van der Waals surface area contributed by atoms with E-state index in [1.165, 1.54) is 11.8 Å². The number of nitrogens with zero attached hydrogens (tertiary/aromatic N) is 4. The van der Waals surface area contributed by atoms with Crippen LogP contribution < -0.4 is 0 Å². The highest BCUT2D eigenvalue weighted by atomic mass is 32.2. The van der Waals surface area contributed by atoms with Crippen LogP contribution >= 0.6 is 11.8 Å². The van der Waals surface area contributed by atoms with Gasteiger partial charge in [0.15, 0.2) is 0 Å². The molecule has 22 heavy (non-hydrogen) atoms. The molecule has 0 aliphatic heterocycles. The Morgan fingerprint density at radius 1 is 1.36 bits per heavy atom. The van der Waals surface area contributed by atoms with Gasteiger partial charge in [-0.3, -0.25) is 4.79 Å². The molecule has 7 nitrogen and oxygen atoms in total. The van der Waals surface area contributed by atoms with Crippen LogP contribution in [0.4, 0.5) is 0 Å². The van der Waals surface area contributed by atoms with Gasteiger partial charge in [0.1, 0.15) is 5.75 Å². The third-order valence-corrected chi connectivity index (χ3v) is 4.42. The second-order valence-corrected chi connectivity index (χ2v) is 5.80. The molecule has 1 atom stereocenters. The normalized spacial score (nSPS) is 12.1. The summed E-state index contributed by atoms with van der Waals surface area (Å²) in [6, 6.07) is 7.01. The standard InChI is InChI=1S/C14H19N5O2S/c1-3-19(4-2)13(21)9-12(22-14-15-17-18-16-14)10-7-5-6-8-11(10)20/h5-8,12,20H,3-4,9H2,1-2H3,(H,15,16,17,18). The van der Waals surface area contributed by atoms with Gasteiger partial charge in [0.2, 0.25) is 11.1 Å². The zero-order valence-electron chi connectivity index (χ0n) is 12.6. The van der Waals surface area contributed by atoms with Crippen LogP contribution in [0.25, 0.3) is 0 Å². The Hall–Kier alpha value is -2.09.